The first-order valence-corrected chi connectivity index (χ1v) is 9.61. The van der Waals surface area contributed by atoms with E-state index in [4.69, 9.17) is 0 Å². The van der Waals surface area contributed by atoms with Gasteiger partial charge in [0.05, 0.1) is 5.56 Å². The highest BCUT2D eigenvalue weighted by Crippen LogP contribution is 2.20. The molecule has 1 amide bonds. The maximum Gasteiger partial charge on any atom is 0.255 e. The largest absolute Gasteiger partial charge is 0.368 e. The third kappa shape index (κ3) is 3.66. The Kier molecular flexibility index (Phi) is 5.04. The van der Waals surface area contributed by atoms with Crippen LogP contribution in [0.5, 0.6) is 0 Å². The number of hydrogen-bond donors (Lipinski definition) is 0. The minimum atomic E-state index is 0.123. The van der Waals surface area contributed by atoms with Gasteiger partial charge in [-0.1, -0.05) is 18.2 Å². The Morgan fingerprint density at radius 3 is 2.12 bits per heavy atom. The van der Waals surface area contributed by atoms with Gasteiger partial charge in [0, 0.05) is 51.2 Å². The summed E-state index contributed by atoms with van der Waals surface area (Å²) in [6.45, 7) is 5.62. The van der Waals surface area contributed by atoms with Crippen molar-refractivity contribution in [3.63, 3.8) is 0 Å². The van der Waals surface area contributed by atoms with Gasteiger partial charge in [-0.2, -0.15) is 0 Å². The average molecular weight is 350 g/mol. The highest BCUT2D eigenvalue weighted by Gasteiger charge is 2.21. The number of pyridine rings is 1. The van der Waals surface area contributed by atoms with Crippen LogP contribution >= 0.6 is 0 Å². The molecule has 1 aromatic heterocycles. The summed E-state index contributed by atoms with van der Waals surface area (Å²) < 4.78 is 0. The number of piperidine rings is 1. The number of carbonyl (C=O) groups is 1. The zero-order valence-corrected chi connectivity index (χ0v) is 15.2. The van der Waals surface area contributed by atoms with Crippen molar-refractivity contribution in [2.45, 2.75) is 19.3 Å². The maximum atomic E-state index is 12.6. The Balaban J connectivity index is 1.36. The van der Waals surface area contributed by atoms with Gasteiger partial charge in [0.1, 0.15) is 5.82 Å². The summed E-state index contributed by atoms with van der Waals surface area (Å²) in [6, 6.07) is 14.5. The van der Waals surface area contributed by atoms with Crippen molar-refractivity contribution in [1.29, 1.82) is 0 Å². The van der Waals surface area contributed by atoms with Crippen LogP contribution in [0.1, 0.15) is 29.6 Å². The standard InChI is InChI=1S/C21H26N4O/c26-21(25-11-5-2-6-12-25)18-9-10-20(22-17-18)24-15-13-23(14-16-24)19-7-3-1-4-8-19/h1,3-4,7-10,17H,2,5-6,11-16H2. The lowest BCUT2D eigenvalue weighted by Crippen LogP contribution is -2.46. The van der Waals surface area contributed by atoms with Crippen molar-refractivity contribution in [1.82, 2.24) is 9.88 Å². The lowest BCUT2D eigenvalue weighted by molar-refractivity contribution is 0.0724. The van der Waals surface area contributed by atoms with Gasteiger partial charge in [-0.05, 0) is 43.5 Å². The zero-order chi connectivity index (χ0) is 17.8. The van der Waals surface area contributed by atoms with Crippen LogP contribution in [-0.4, -0.2) is 55.1 Å². The molecule has 2 aromatic rings. The Labute approximate surface area is 155 Å². The van der Waals surface area contributed by atoms with E-state index in [0.29, 0.717) is 5.56 Å². The predicted octanol–water partition coefficient (Wildman–Crippen LogP) is 3.03. The molecule has 0 aliphatic carbocycles. The summed E-state index contributed by atoms with van der Waals surface area (Å²) >= 11 is 0. The molecule has 1 aromatic carbocycles. The van der Waals surface area contributed by atoms with E-state index in [2.05, 4.69) is 45.1 Å². The number of rotatable bonds is 3. The van der Waals surface area contributed by atoms with Crippen LogP contribution in [0.4, 0.5) is 11.5 Å². The molecule has 4 rings (SSSR count). The topological polar surface area (TPSA) is 39.7 Å². The summed E-state index contributed by atoms with van der Waals surface area (Å²) in [4.78, 5) is 23.8. The van der Waals surface area contributed by atoms with Crippen LogP contribution < -0.4 is 9.80 Å². The monoisotopic (exact) mass is 350 g/mol. The molecular weight excluding hydrogens is 324 g/mol. The number of carbonyl (C=O) groups excluding carboxylic acids is 1. The molecule has 2 aliphatic heterocycles. The second-order valence-electron chi connectivity index (χ2n) is 7.07. The maximum absolute atomic E-state index is 12.6. The molecule has 0 saturated carbocycles. The fourth-order valence-corrected chi connectivity index (χ4v) is 3.81. The SMILES string of the molecule is O=C(c1ccc(N2CCN(c3ccccc3)CC2)nc1)N1CCCCC1. The Morgan fingerprint density at radius 1 is 0.769 bits per heavy atom. The van der Waals surface area contributed by atoms with E-state index in [1.165, 1.54) is 12.1 Å². The zero-order valence-electron chi connectivity index (χ0n) is 15.2. The molecule has 2 aliphatic rings. The summed E-state index contributed by atoms with van der Waals surface area (Å²) in [6.07, 6.45) is 5.21. The normalized spacial score (nSPS) is 18.1. The minimum Gasteiger partial charge on any atom is -0.368 e. The fraction of sp³-hybridized carbons (Fsp3) is 0.429. The molecule has 0 spiro atoms. The summed E-state index contributed by atoms with van der Waals surface area (Å²) in [7, 11) is 0. The number of para-hydroxylation sites is 1. The number of nitrogens with zero attached hydrogens (tertiary/aromatic N) is 4. The molecule has 0 atom stereocenters. The van der Waals surface area contributed by atoms with Crippen molar-refractivity contribution in [2.75, 3.05) is 49.1 Å². The second kappa shape index (κ2) is 7.77. The first-order valence-electron chi connectivity index (χ1n) is 9.61. The van der Waals surface area contributed by atoms with Gasteiger partial charge in [0.25, 0.3) is 5.91 Å². The van der Waals surface area contributed by atoms with Gasteiger partial charge in [0.15, 0.2) is 0 Å². The van der Waals surface area contributed by atoms with Gasteiger partial charge >= 0.3 is 0 Å². The molecule has 26 heavy (non-hydrogen) atoms. The highest BCUT2D eigenvalue weighted by atomic mass is 16.2. The summed E-state index contributed by atoms with van der Waals surface area (Å²) in [5, 5.41) is 0. The third-order valence-electron chi connectivity index (χ3n) is 5.36. The van der Waals surface area contributed by atoms with E-state index >= 15 is 0 Å². The minimum absolute atomic E-state index is 0.123. The predicted molar refractivity (Wildman–Crippen MR) is 105 cm³/mol. The molecule has 5 heteroatoms. The number of amides is 1. The Morgan fingerprint density at radius 2 is 1.46 bits per heavy atom. The van der Waals surface area contributed by atoms with Gasteiger partial charge in [0.2, 0.25) is 0 Å². The van der Waals surface area contributed by atoms with E-state index in [1.807, 2.05) is 17.0 Å². The number of likely N-dealkylation sites (tertiary alicyclic amines) is 1. The molecule has 0 bridgehead atoms. The van der Waals surface area contributed by atoms with Crippen molar-refractivity contribution >= 4 is 17.4 Å². The molecule has 2 saturated heterocycles. The summed E-state index contributed by atoms with van der Waals surface area (Å²) in [5.41, 5.74) is 1.99. The molecule has 5 nitrogen and oxygen atoms in total. The van der Waals surface area contributed by atoms with Crippen LogP contribution in [0.25, 0.3) is 0 Å². The van der Waals surface area contributed by atoms with Crippen LogP contribution in [-0.2, 0) is 0 Å². The highest BCUT2D eigenvalue weighted by molar-refractivity contribution is 5.94. The molecule has 0 radical (unpaired) electrons. The number of benzene rings is 1. The van der Waals surface area contributed by atoms with E-state index in [0.717, 1.165) is 57.9 Å². The van der Waals surface area contributed by atoms with Crippen molar-refractivity contribution < 1.29 is 4.79 Å². The van der Waals surface area contributed by atoms with Gasteiger partial charge in [-0.25, -0.2) is 4.98 Å². The smallest absolute Gasteiger partial charge is 0.255 e. The number of piperazine rings is 1. The molecular formula is C21H26N4O. The fourth-order valence-electron chi connectivity index (χ4n) is 3.81. The molecule has 0 N–H and O–H groups in total. The van der Waals surface area contributed by atoms with Crippen LogP contribution in [0.2, 0.25) is 0 Å². The van der Waals surface area contributed by atoms with Crippen molar-refractivity contribution in [3.8, 4) is 0 Å². The van der Waals surface area contributed by atoms with Crippen molar-refractivity contribution in [3.05, 3.63) is 54.2 Å². The quantitative estimate of drug-likeness (QED) is 0.853. The Hall–Kier alpha value is -2.56. The van der Waals surface area contributed by atoms with Crippen LogP contribution in [0, 0.1) is 0 Å². The average Bonchev–Trinajstić information content (AvgIpc) is 2.75. The number of anilines is 2. The van der Waals surface area contributed by atoms with Gasteiger partial charge in [-0.3, -0.25) is 4.79 Å². The number of hydrogen-bond acceptors (Lipinski definition) is 4. The molecule has 2 fully saturated rings. The molecule has 136 valence electrons. The Bertz CT molecular complexity index is 717. The first kappa shape index (κ1) is 16.9. The van der Waals surface area contributed by atoms with E-state index in [9.17, 15) is 4.79 Å². The lowest BCUT2D eigenvalue weighted by atomic mass is 10.1. The third-order valence-corrected chi connectivity index (χ3v) is 5.36. The van der Waals surface area contributed by atoms with Crippen molar-refractivity contribution in [2.24, 2.45) is 0 Å². The number of aromatic nitrogens is 1. The lowest BCUT2D eigenvalue weighted by Gasteiger charge is -2.36. The van der Waals surface area contributed by atoms with Crippen LogP contribution in [0.3, 0.4) is 0 Å². The second-order valence-corrected chi connectivity index (χ2v) is 7.07. The molecule has 3 heterocycles. The van der Waals surface area contributed by atoms with Gasteiger partial charge in [-0.15, -0.1) is 0 Å². The van der Waals surface area contributed by atoms with E-state index < -0.39 is 0 Å². The first-order chi connectivity index (χ1) is 12.8. The van der Waals surface area contributed by atoms with Gasteiger partial charge < -0.3 is 14.7 Å². The molecule has 0 unspecified atom stereocenters. The van der Waals surface area contributed by atoms with E-state index in [-0.39, 0.29) is 5.91 Å². The van der Waals surface area contributed by atoms with E-state index in [1.54, 1.807) is 6.20 Å². The summed E-state index contributed by atoms with van der Waals surface area (Å²) in [5.74, 6) is 1.09. The van der Waals surface area contributed by atoms with Crippen LogP contribution in [0.15, 0.2) is 48.7 Å².